The maximum atomic E-state index is 10.4. The van der Waals surface area contributed by atoms with Crippen LogP contribution in [-0.2, 0) is 0 Å². The van der Waals surface area contributed by atoms with Gasteiger partial charge in [-0.05, 0) is 0 Å². The van der Waals surface area contributed by atoms with Gasteiger partial charge in [0.15, 0.2) is 0 Å². The maximum Gasteiger partial charge on any atom is 0.426 e. The Morgan fingerprint density at radius 3 is 2.88 bits per heavy atom. The minimum atomic E-state index is -0.366. The van der Waals surface area contributed by atoms with Gasteiger partial charge in [-0.25, -0.2) is 14.2 Å². The molecule has 0 aliphatic heterocycles. The van der Waals surface area contributed by atoms with Gasteiger partial charge < -0.3 is 4.42 Å². The summed E-state index contributed by atoms with van der Waals surface area (Å²) in [5.74, 6) is -0.366. The van der Waals surface area contributed by atoms with Gasteiger partial charge in [-0.15, -0.1) is 0 Å². The lowest BCUT2D eigenvalue weighted by atomic mass is 10.9. The molecule has 2 bridgehead atoms. The molecule has 8 heavy (non-hydrogen) atoms. The van der Waals surface area contributed by atoms with Gasteiger partial charge in [0.05, 0.1) is 6.20 Å². The maximum absolute atomic E-state index is 10.4. The van der Waals surface area contributed by atoms with Crippen LogP contribution in [-0.4, -0.2) is 9.38 Å². The number of oxazole rings is 1. The van der Waals surface area contributed by atoms with Crippen LogP contribution in [0, 0.1) is 0 Å². The van der Waals surface area contributed by atoms with Crippen molar-refractivity contribution in [2.75, 3.05) is 0 Å². The van der Waals surface area contributed by atoms with Gasteiger partial charge in [0.25, 0.3) is 0 Å². The number of aromatic nitrogens is 2. The summed E-state index contributed by atoms with van der Waals surface area (Å²) in [6.07, 6.45) is 2.95. The van der Waals surface area contributed by atoms with Crippen molar-refractivity contribution in [3.05, 3.63) is 23.1 Å². The molecule has 2 aromatic rings. The van der Waals surface area contributed by atoms with E-state index in [-0.39, 0.29) is 5.76 Å². The Hall–Kier alpha value is -1.32. The third kappa shape index (κ3) is 0.258. The van der Waals surface area contributed by atoms with E-state index in [0.717, 1.165) is 0 Å². The Labute approximate surface area is 43.7 Å². The van der Waals surface area contributed by atoms with Gasteiger partial charge in [-0.3, -0.25) is 0 Å². The van der Waals surface area contributed by atoms with Gasteiger partial charge in [-0.2, -0.15) is 0 Å². The molecule has 40 valence electrons. The van der Waals surface area contributed by atoms with Gasteiger partial charge in [0.2, 0.25) is 5.71 Å². The van der Waals surface area contributed by atoms with Crippen molar-refractivity contribution >= 4 is 5.71 Å². The molecule has 0 aliphatic carbocycles. The molecular weight excluding hydrogens is 108 g/mol. The molecule has 0 saturated carbocycles. The summed E-state index contributed by atoms with van der Waals surface area (Å²) in [6, 6.07) is 0. The highest BCUT2D eigenvalue weighted by atomic mass is 16.4. The molecule has 0 aliphatic rings. The van der Waals surface area contributed by atoms with Crippen molar-refractivity contribution in [1.82, 2.24) is 9.38 Å². The molecule has 0 spiro atoms. The fraction of sp³-hybridized carbons (Fsp3) is 0. The van der Waals surface area contributed by atoms with E-state index >= 15 is 0 Å². The molecule has 0 radical (unpaired) electrons. The predicted octanol–water partition coefficient (Wildman–Crippen LogP) is -0.275. The van der Waals surface area contributed by atoms with Crippen LogP contribution < -0.4 is 5.76 Å². The monoisotopic (exact) mass is 110 g/mol. The Morgan fingerprint density at radius 2 is 2.62 bits per heavy atom. The first-order valence-corrected chi connectivity index (χ1v) is 2.12. The Bertz CT molecular complexity index is 334. The molecule has 4 heteroatoms. The number of imidazole rings is 1. The molecule has 0 aromatic carbocycles. The zero-order chi connectivity index (χ0) is 5.56. The summed E-state index contributed by atoms with van der Waals surface area (Å²) in [5.41, 5.74) is 0.384. The fourth-order valence-corrected chi connectivity index (χ4v) is 0.599. The van der Waals surface area contributed by atoms with Crippen LogP contribution in [0.25, 0.3) is 5.71 Å². The van der Waals surface area contributed by atoms with E-state index in [0.29, 0.717) is 5.71 Å². The number of fused-ring (bicyclic) bond motifs is 2. The van der Waals surface area contributed by atoms with E-state index < -0.39 is 0 Å². The highest BCUT2D eigenvalue weighted by molar-refractivity contribution is 5.26. The average Bonchev–Trinajstić information content (AvgIpc) is 2.23. The second-order valence-corrected chi connectivity index (χ2v) is 1.49. The zero-order valence-electron chi connectivity index (χ0n) is 3.87. The third-order valence-electron chi connectivity index (χ3n) is 0.962. The van der Waals surface area contributed by atoms with Crippen molar-refractivity contribution in [1.29, 1.82) is 0 Å². The summed E-state index contributed by atoms with van der Waals surface area (Å²) in [6.45, 7) is 0. The lowest BCUT2D eigenvalue weighted by Crippen LogP contribution is -2.03. The van der Waals surface area contributed by atoms with Crippen molar-refractivity contribution in [3.63, 3.8) is 0 Å². The minimum Gasteiger partial charge on any atom is -0.389 e. The molecule has 2 heterocycles. The summed E-state index contributed by atoms with van der Waals surface area (Å²) < 4.78 is 5.80. The van der Waals surface area contributed by atoms with Crippen LogP contribution in [0.5, 0.6) is 0 Å². The SMILES string of the molecule is O=c1oc2cn1cn2. The van der Waals surface area contributed by atoms with E-state index in [2.05, 4.69) is 9.40 Å². The molecule has 0 saturated heterocycles. The van der Waals surface area contributed by atoms with Crippen molar-refractivity contribution < 1.29 is 4.42 Å². The number of hydrogen-bond donors (Lipinski definition) is 0. The predicted molar refractivity (Wildman–Crippen MR) is 24.9 cm³/mol. The molecule has 2 rings (SSSR count). The second-order valence-electron chi connectivity index (χ2n) is 1.49. The Morgan fingerprint density at radius 1 is 1.75 bits per heavy atom. The zero-order valence-corrected chi connectivity index (χ0v) is 3.87. The molecular formula is C4H2N2O2. The van der Waals surface area contributed by atoms with E-state index in [1.165, 1.54) is 16.9 Å². The molecule has 0 unspecified atom stereocenters. The molecule has 0 amide bonds. The number of nitrogens with zero attached hydrogens (tertiary/aromatic N) is 2. The van der Waals surface area contributed by atoms with Crippen molar-refractivity contribution in [2.45, 2.75) is 0 Å². The molecule has 0 fully saturated rings. The average molecular weight is 110 g/mol. The first-order chi connectivity index (χ1) is 3.86. The van der Waals surface area contributed by atoms with Crippen LogP contribution in [0.1, 0.15) is 0 Å². The first-order valence-electron chi connectivity index (χ1n) is 2.12. The summed E-state index contributed by atoms with van der Waals surface area (Å²) in [5, 5.41) is 0. The summed E-state index contributed by atoms with van der Waals surface area (Å²) >= 11 is 0. The van der Waals surface area contributed by atoms with Crippen LogP contribution in [0.3, 0.4) is 0 Å². The first kappa shape index (κ1) is 3.65. The topological polar surface area (TPSA) is 47.5 Å². The molecule has 0 atom stereocenters. The van der Waals surface area contributed by atoms with Gasteiger partial charge in [-0.1, -0.05) is 0 Å². The van der Waals surface area contributed by atoms with Gasteiger partial charge in [0, 0.05) is 0 Å². The van der Waals surface area contributed by atoms with Gasteiger partial charge in [0.1, 0.15) is 6.33 Å². The van der Waals surface area contributed by atoms with E-state index in [1.54, 1.807) is 0 Å². The highest BCUT2D eigenvalue weighted by Gasteiger charge is 1.98. The largest absolute Gasteiger partial charge is 0.426 e. The highest BCUT2D eigenvalue weighted by Crippen LogP contribution is 1.92. The standard InChI is InChI=1S/C4H2N2O2/c7-4-6-1-3(8-4)5-2-6/h1-2H. The number of rotatable bonds is 0. The third-order valence-corrected chi connectivity index (χ3v) is 0.962. The minimum absolute atomic E-state index is 0.366. The summed E-state index contributed by atoms with van der Waals surface area (Å²) in [7, 11) is 0. The quantitative estimate of drug-likeness (QED) is 0.468. The Balaban J connectivity index is 3.24. The van der Waals surface area contributed by atoms with Crippen molar-refractivity contribution in [3.8, 4) is 0 Å². The number of hydrogen-bond acceptors (Lipinski definition) is 3. The summed E-state index contributed by atoms with van der Waals surface area (Å²) in [4.78, 5) is 14.1. The molecule has 0 N–H and O–H groups in total. The fourth-order valence-electron chi connectivity index (χ4n) is 0.599. The molecule has 2 aromatic heterocycles. The van der Waals surface area contributed by atoms with E-state index in [9.17, 15) is 4.79 Å². The smallest absolute Gasteiger partial charge is 0.389 e. The van der Waals surface area contributed by atoms with Crippen LogP contribution in [0.2, 0.25) is 0 Å². The van der Waals surface area contributed by atoms with Crippen molar-refractivity contribution in [2.24, 2.45) is 0 Å². The normalized spacial score (nSPS) is 11.0. The second kappa shape index (κ2) is 0.912. The van der Waals surface area contributed by atoms with Crippen LogP contribution in [0.15, 0.2) is 21.7 Å². The Kier molecular flexibility index (Phi) is 0.417. The van der Waals surface area contributed by atoms with E-state index in [1.807, 2.05) is 0 Å². The van der Waals surface area contributed by atoms with Crippen LogP contribution >= 0.6 is 0 Å². The lowest BCUT2D eigenvalue weighted by Gasteiger charge is -1.72. The van der Waals surface area contributed by atoms with Crippen LogP contribution in [0.4, 0.5) is 0 Å². The van der Waals surface area contributed by atoms with Gasteiger partial charge >= 0.3 is 5.76 Å². The molecule has 4 nitrogen and oxygen atoms in total. The lowest BCUT2D eigenvalue weighted by molar-refractivity contribution is 0.523. The van der Waals surface area contributed by atoms with E-state index in [4.69, 9.17) is 0 Å².